The molecule has 1 aromatic heterocycles. The summed E-state index contributed by atoms with van der Waals surface area (Å²) < 4.78 is 5.25. The Balaban J connectivity index is 1.94. The van der Waals surface area contributed by atoms with E-state index in [4.69, 9.17) is 10.2 Å². The van der Waals surface area contributed by atoms with Crippen LogP contribution < -0.4 is 11.1 Å². The Hall–Kier alpha value is -2.15. The highest BCUT2D eigenvalue weighted by atomic mass is 16.3. The van der Waals surface area contributed by atoms with Gasteiger partial charge >= 0.3 is 0 Å². The summed E-state index contributed by atoms with van der Waals surface area (Å²) in [7, 11) is 0. The summed E-state index contributed by atoms with van der Waals surface area (Å²) in [5.41, 5.74) is 7.37. The number of rotatable bonds is 5. The van der Waals surface area contributed by atoms with Crippen LogP contribution in [0.4, 0.5) is 0 Å². The van der Waals surface area contributed by atoms with E-state index in [2.05, 4.69) is 15.3 Å². The van der Waals surface area contributed by atoms with Crippen LogP contribution in [-0.2, 0) is 4.79 Å². The lowest BCUT2D eigenvalue weighted by Crippen LogP contribution is -2.36. The molecule has 4 N–H and O–H groups in total. The number of nitrogens with zero attached hydrogens (tertiary/aromatic N) is 2. The van der Waals surface area contributed by atoms with Gasteiger partial charge in [0.1, 0.15) is 17.8 Å². The second-order valence-electron chi connectivity index (χ2n) is 6.39. The van der Waals surface area contributed by atoms with Crippen molar-refractivity contribution in [1.29, 1.82) is 0 Å². The maximum Gasteiger partial charge on any atom is 0.244 e. The number of amides is 1. The van der Waals surface area contributed by atoms with Crippen LogP contribution in [0.2, 0.25) is 0 Å². The van der Waals surface area contributed by atoms with Crippen molar-refractivity contribution in [3.05, 3.63) is 23.9 Å². The number of aliphatic imine (C=N–C) groups is 1. The Labute approximate surface area is 142 Å². The van der Waals surface area contributed by atoms with Crippen molar-refractivity contribution in [1.82, 2.24) is 10.3 Å². The van der Waals surface area contributed by atoms with E-state index in [-0.39, 0.29) is 30.3 Å². The number of amidine groups is 1. The van der Waals surface area contributed by atoms with Crippen LogP contribution in [0.5, 0.6) is 0 Å². The van der Waals surface area contributed by atoms with Crippen LogP contribution in [0, 0.1) is 0 Å². The third-order valence-electron chi connectivity index (χ3n) is 4.01. The Morgan fingerprint density at radius 3 is 2.88 bits per heavy atom. The minimum absolute atomic E-state index is 0.0243. The molecule has 1 saturated carbocycles. The number of aliphatic hydroxyl groups excluding tert-OH is 1. The smallest absolute Gasteiger partial charge is 0.244 e. The monoisotopic (exact) mass is 334 g/mol. The lowest BCUT2D eigenvalue weighted by molar-refractivity contribution is -0.120. The molecule has 1 aliphatic carbocycles. The van der Waals surface area contributed by atoms with E-state index in [0.717, 1.165) is 37.7 Å². The fourth-order valence-corrected chi connectivity index (χ4v) is 2.77. The number of allylic oxidation sites excluding steroid dienone is 1. The molecule has 7 heteroatoms. The maximum absolute atomic E-state index is 12.2. The number of hydrogen-bond acceptors (Lipinski definition) is 5. The summed E-state index contributed by atoms with van der Waals surface area (Å²) in [6, 6.07) is 0.0946. The first kappa shape index (κ1) is 18.2. The Bertz CT molecular complexity index is 603. The first-order chi connectivity index (χ1) is 11.5. The molecule has 1 aliphatic rings. The molecule has 0 aromatic carbocycles. The molecule has 0 spiro atoms. The number of aliphatic hydroxyl groups is 1. The molecule has 2 unspecified atom stereocenters. The van der Waals surface area contributed by atoms with Gasteiger partial charge in [-0.15, -0.1) is 0 Å². The topological polar surface area (TPSA) is 114 Å². The average molecular weight is 334 g/mol. The molecular formula is C17H26N4O3. The summed E-state index contributed by atoms with van der Waals surface area (Å²) in [5, 5.41) is 12.6. The molecule has 0 bridgehead atoms. The number of hydrogen-bond donors (Lipinski definition) is 3. The van der Waals surface area contributed by atoms with Crippen LogP contribution in [-0.4, -0.2) is 34.0 Å². The lowest BCUT2D eigenvalue weighted by atomic mass is 10.1. The number of nitrogens with two attached hydrogens (primary N) is 1. The molecule has 7 nitrogen and oxygen atoms in total. The van der Waals surface area contributed by atoms with E-state index in [9.17, 15) is 9.90 Å². The summed E-state index contributed by atoms with van der Waals surface area (Å²) >= 11 is 0. The molecule has 24 heavy (non-hydrogen) atoms. The van der Waals surface area contributed by atoms with Gasteiger partial charge in [0.15, 0.2) is 0 Å². The lowest BCUT2D eigenvalue weighted by Gasteiger charge is -2.16. The van der Waals surface area contributed by atoms with Gasteiger partial charge < -0.3 is 20.6 Å². The summed E-state index contributed by atoms with van der Waals surface area (Å²) in [6.07, 6.45) is 6.90. The van der Waals surface area contributed by atoms with Crippen molar-refractivity contribution in [2.75, 3.05) is 0 Å². The first-order valence-electron chi connectivity index (χ1n) is 8.33. The van der Waals surface area contributed by atoms with E-state index in [1.54, 1.807) is 0 Å². The molecular weight excluding hydrogens is 308 g/mol. The van der Waals surface area contributed by atoms with Gasteiger partial charge in [0.05, 0.1) is 18.7 Å². The zero-order chi connectivity index (χ0) is 17.5. The molecule has 0 radical (unpaired) electrons. The van der Waals surface area contributed by atoms with Gasteiger partial charge in [0, 0.05) is 6.04 Å². The van der Waals surface area contributed by atoms with Gasteiger partial charge in [-0.25, -0.2) is 9.98 Å². The van der Waals surface area contributed by atoms with E-state index in [1.165, 1.54) is 12.5 Å². The second kappa shape index (κ2) is 8.63. The Morgan fingerprint density at radius 2 is 2.21 bits per heavy atom. The Morgan fingerprint density at radius 1 is 1.42 bits per heavy atom. The van der Waals surface area contributed by atoms with Crippen molar-refractivity contribution in [2.24, 2.45) is 10.7 Å². The third-order valence-corrected chi connectivity index (χ3v) is 4.01. The maximum atomic E-state index is 12.2. The standard InChI is InChI=1S/C17H26N4O3/c1-11(2)16(17-19-8-9-24-17)21-14(18)10-15(23)20-12-4-3-5-13(22)7-6-12/h8-9,12-13,22H,3-7,10H2,1-2H3,(H2,18,21)(H,20,23). The van der Waals surface area contributed by atoms with Crippen LogP contribution >= 0.6 is 0 Å². The van der Waals surface area contributed by atoms with Crippen LogP contribution in [0.25, 0.3) is 5.70 Å². The van der Waals surface area contributed by atoms with Gasteiger partial charge in [0.25, 0.3) is 0 Å². The van der Waals surface area contributed by atoms with Crippen LogP contribution in [0.1, 0.15) is 58.3 Å². The zero-order valence-electron chi connectivity index (χ0n) is 14.3. The molecule has 132 valence electrons. The predicted octanol–water partition coefficient (Wildman–Crippen LogP) is 1.98. The van der Waals surface area contributed by atoms with Crippen molar-refractivity contribution < 1.29 is 14.3 Å². The highest BCUT2D eigenvalue weighted by molar-refractivity contribution is 6.01. The molecule has 0 saturated heterocycles. The fraction of sp³-hybridized carbons (Fsp3) is 0.588. The number of carbonyl (C=O) groups is 1. The highest BCUT2D eigenvalue weighted by Crippen LogP contribution is 2.19. The zero-order valence-corrected chi connectivity index (χ0v) is 14.3. The predicted molar refractivity (Wildman–Crippen MR) is 92.0 cm³/mol. The van der Waals surface area contributed by atoms with Crippen LogP contribution in [0.3, 0.4) is 0 Å². The van der Waals surface area contributed by atoms with Crippen molar-refractivity contribution in [2.45, 2.75) is 64.5 Å². The number of carbonyl (C=O) groups excluding carboxylic acids is 1. The summed E-state index contributed by atoms with van der Waals surface area (Å²) in [6.45, 7) is 3.76. The number of aromatic nitrogens is 1. The van der Waals surface area contributed by atoms with Gasteiger partial charge in [-0.05, 0) is 51.5 Å². The molecule has 1 heterocycles. The van der Waals surface area contributed by atoms with E-state index >= 15 is 0 Å². The second-order valence-corrected chi connectivity index (χ2v) is 6.39. The van der Waals surface area contributed by atoms with Crippen molar-refractivity contribution in [3.63, 3.8) is 0 Å². The Kier molecular flexibility index (Phi) is 6.54. The molecule has 1 amide bonds. The summed E-state index contributed by atoms with van der Waals surface area (Å²) in [4.78, 5) is 20.5. The van der Waals surface area contributed by atoms with Crippen molar-refractivity contribution in [3.8, 4) is 0 Å². The highest BCUT2D eigenvalue weighted by Gasteiger charge is 2.19. The SMILES string of the molecule is CC(C)=C(N=C(N)CC(=O)NC1CCCC(O)CC1)c1ncco1. The molecule has 1 aromatic rings. The minimum atomic E-state index is -0.250. The molecule has 0 aliphatic heterocycles. The largest absolute Gasteiger partial charge is 0.443 e. The van der Waals surface area contributed by atoms with Gasteiger partial charge in [-0.1, -0.05) is 0 Å². The van der Waals surface area contributed by atoms with Crippen LogP contribution in [0.15, 0.2) is 27.4 Å². The normalized spacial score (nSPS) is 21.9. The number of nitrogens with one attached hydrogen (secondary N) is 1. The van der Waals surface area contributed by atoms with Crippen molar-refractivity contribution >= 4 is 17.4 Å². The first-order valence-corrected chi connectivity index (χ1v) is 8.33. The molecule has 2 rings (SSSR count). The molecule has 2 atom stereocenters. The third kappa shape index (κ3) is 5.49. The van der Waals surface area contributed by atoms with E-state index < -0.39 is 0 Å². The van der Waals surface area contributed by atoms with E-state index in [0.29, 0.717) is 11.6 Å². The van der Waals surface area contributed by atoms with Gasteiger partial charge in [-0.2, -0.15) is 0 Å². The van der Waals surface area contributed by atoms with E-state index in [1.807, 2.05) is 13.8 Å². The summed E-state index contributed by atoms with van der Waals surface area (Å²) in [5.74, 6) is 0.449. The minimum Gasteiger partial charge on any atom is -0.443 e. The fourth-order valence-electron chi connectivity index (χ4n) is 2.77. The quantitative estimate of drug-likeness (QED) is 0.433. The van der Waals surface area contributed by atoms with Gasteiger partial charge in [-0.3, -0.25) is 4.79 Å². The average Bonchev–Trinajstić information content (AvgIpc) is 2.96. The van der Waals surface area contributed by atoms with Gasteiger partial charge in [0.2, 0.25) is 11.8 Å². The molecule has 1 fully saturated rings. The number of oxazole rings is 1.